The topological polar surface area (TPSA) is 60.2 Å². The lowest BCUT2D eigenvalue weighted by molar-refractivity contribution is -0.0436. The van der Waals surface area contributed by atoms with Gasteiger partial charge in [-0.2, -0.15) is 13.2 Å². The van der Waals surface area contributed by atoms with Gasteiger partial charge in [0, 0.05) is 5.54 Å². The summed E-state index contributed by atoms with van der Waals surface area (Å²) in [6.07, 6.45) is 2.01. The van der Waals surface area contributed by atoms with E-state index >= 15 is 0 Å². The van der Waals surface area contributed by atoms with Crippen LogP contribution in [0.3, 0.4) is 0 Å². The van der Waals surface area contributed by atoms with Gasteiger partial charge in [0.2, 0.25) is 0 Å². The van der Waals surface area contributed by atoms with Crippen LogP contribution in [0, 0.1) is 0 Å². The molecule has 2 N–H and O–H groups in total. The normalized spacial score (nSPS) is 18.7. The minimum absolute atomic E-state index is 0.374. The van der Waals surface area contributed by atoms with Gasteiger partial charge in [-0.3, -0.25) is 0 Å². The second-order valence-corrected chi connectivity index (χ2v) is 6.58. The summed E-state index contributed by atoms with van der Waals surface area (Å²) in [6, 6.07) is 4.89. The Balaban J connectivity index is 2.33. The maximum Gasteiger partial charge on any atom is 0.501 e. The molecule has 0 heterocycles. The largest absolute Gasteiger partial charge is 0.501 e. The first-order valence-corrected chi connectivity index (χ1v) is 6.82. The molecule has 1 aliphatic rings. The summed E-state index contributed by atoms with van der Waals surface area (Å²) in [5, 5.41) is 0. The minimum Gasteiger partial charge on any atom is -0.325 e. The Kier molecular flexibility index (Phi) is 2.94. The summed E-state index contributed by atoms with van der Waals surface area (Å²) in [5.74, 6) is 0. The van der Waals surface area contributed by atoms with Gasteiger partial charge in [0.25, 0.3) is 9.84 Å². The Morgan fingerprint density at radius 3 is 2.39 bits per heavy atom. The Labute approximate surface area is 103 Å². The van der Waals surface area contributed by atoms with Crippen molar-refractivity contribution in [2.24, 2.45) is 5.73 Å². The molecule has 18 heavy (non-hydrogen) atoms. The van der Waals surface area contributed by atoms with Crippen LogP contribution >= 0.6 is 0 Å². The average molecular weight is 279 g/mol. The van der Waals surface area contributed by atoms with E-state index in [1.165, 1.54) is 6.07 Å². The summed E-state index contributed by atoms with van der Waals surface area (Å²) in [7, 11) is -5.27. The fourth-order valence-corrected chi connectivity index (χ4v) is 2.53. The molecule has 0 unspecified atom stereocenters. The third kappa shape index (κ3) is 2.51. The molecule has 3 nitrogen and oxygen atoms in total. The van der Waals surface area contributed by atoms with Crippen LogP contribution in [-0.4, -0.2) is 19.5 Å². The van der Waals surface area contributed by atoms with Crippen LogP contribution in [0.2, 0.25) is 0 Å². The quantitative estimate of drug-likeness (QED) is 0.920. The third-order valence-electron chi connectivity index (χ3n) is 2.96. The third-order valence-corrected chi connectivity index (χ3v) is 4.45. The highest BCUT2D eigenvalue weighted by Gasteiger charge is 2.47. The van der Waals surface area contributed by atoms with E-state index in [9.17, 15) is 21.6 Å². The van der Waals surface area contributed by atoms with Crippen molar-refractivity contribution in [3.8, 4) is 0 Å². The van der Waals surface area contributed by atoms with E-state index in [-0.39, 0.29) is 5.54 Å². The average Bonchev–Trinajstić information content (AvgIpc) is 2.94. The summed E-state index contributed by atoms with van der Waals surface area (Å²) in [5.41, 5.74) is 0.719. The highest BCUT2D eigenvalue weighted by Crippen LogP contribution is 2.36. The van der Waals surface area contributed by atoms with Crippen molar-refractivity contribution in [2.45, 2.75) is 35.2 Å². The van der Waals surface area contributed by atoms with Gasteiger partial charge in [-0.25, -0.2) is 8.42 Å². The molecule has 0 bridgehead atoms. The zero-order chi connectivity index (χ0) is 13.6. The molecular formula is C11H12F3NO2S. The van der Waals surface area contributed by atoms with Gasteiger partial charge in [0.05, 0.1) is 4.90 Å². The maximum absolute atomic E-state index is 12.4. The fourth-order valence-electron chi connectivity index (χ4n) is 1.70. The van der Waals surface area contributed by atoms with Crippen molar-refractivity contribution in [3.05, 3.63) is 29.8 Å². The van der Waals surface area contributed by atoms with Gasteiger partial charge in [0.15, 0.2) is 0 Å². The number of hydrogen-bond donors (Lipinski definition) is 1. The first-order chi connectivity index (χ1) is 8.14. The van der Waals surface area contributed by atoms with E-state index in [0.29, 0.717) is 12.0 Å². The van der Waals surface area contributed by atoms with Crippen LogP contribution in [0.1, 0.15) is 18.4 Å². The lowest BCUT2D eigenvalue weighted by Crippen LogP contribution is -2.25. The van der Waals surface area contributed by atoms with Crippen molar-refractivity contribution in [1.82, 2.24) is 0 Å². The van der Waals surface area contributed by atoms with Gasteiger partial charge < -0.3 is 5.73 Å². The second kappa shape index (κ2) is 3.96. The number of benzene rings is 1. The molecule has 1 aromatic carbocycles. The summed E-state index contributed by atoms with van der Waals surface area (Å²) in [6.45, 7) is 0. The van der Waals surface area contributed by atoms with E-state index in [1.54, 1.807) is 6.07 Å². The van der Waals surface area contributed by atoms with Gasteiger partial charge in [-0.15, -0.1) is 0 Å². The molecule has 1 fully saturated rings. The van der Waals surface area contributed by atoms with E-state index < -0.39 is 20.2 Å². The van der Waals surface area contributed by atoms with Crippen molar-refractivity contribution in [3.63, 3.8) is 0 Å². The Hall–Kier alpha value is -1.08. The lowest BCUT2D eigenvalue weighted by Gasteiger charge is -2.11. The van der Waals surface area contributed by atoms with Gasteiger partial charge in [-0.05, 0) is 37.0 Å². The molecule has 0 radical (unpaired) electrons. The molecule has 0 saturated heterocycles. The van der Waals surface area contributed by atoms with E-state index in [0.717, 1.165) is 25.0 Å². The Morgan fingerprint density at radius 2 is 1.89 bits per heavy atom. The van der Waals surface area contributed by atoms with Crippen molar-refractivity contribution in [2.75, 3.05) is 0 Å². The van der Waals surface area contributed by atoms with Crippen LogP contribution in [0.4, 0.5) is 13.2 Å². The van der Waals surface area contributed by atoms with E-state index in [4.69, 9.17) is 5.73 Å². The van der Waals surface area contributed by atoms with E-state index in [1.807, 2.05) is 0 Å². The number of hydrogen-bond acceptors (Lipinski definition) is 3. The molecular weight excluding hydrogens is 267 g/mol. The number of nitrogens with two attached hydrogens (primary N) is 1. The predicted molar refractivity (Wildman–Crippen MR) is 59.5 cm³/mol. The first-order valence-electron chi connectivity index (χ1n) is 5.33. The van der Waals surface area contributed by atoms with Crippen molar-refractivity contribution in [1.29, 1.82) is 0 Å². The molecule has 100 valence electrons. The smallest absolute Gasteiger partial charge is 0.325 e. The fraction of sp³-hybridized carbons (Fsp3) is 0.455. The SMILES string of the molecule is NC1(Cc2cccc(S(=O)(=O)C(F)(F)F)c2)CC1. The molecule has 0 spiro atoms. The number of halogens is 3. The van der Waals surface area contributed by atoms with Crippen molar-refractivity contribution >= 4 is 9.84 Å². The summed E-state index contributed by atoms with van der Waals surface area (Å²) < 4.78 is 59.6. The molecule has 1 aliphatic carbocycles. The number of rotatable bonds is 3. The molecule has 0 amide bonds. The van der Waals surface area contributed by atoms with Crippen LogP contribution in [0.5, 0.6) is 0 Å². The van der Waals surface area contributed by atoms with Gasteiger partial charge in [0.1, 0.15) is 0 Å². The molecule has 0 aromatic heterocycles. The summed E-state index contributed by atoms with van der Waals surface area (Å²) in [4.78, 5) is -0.725. The minimum atomic E-state index is -5.27. The van der Waals surface area contributed by atoms with Crippen LogP contribution in [-0.2, 0) is 16.3 Å². The first kappa shape index (κ1) is 13.4. The van der Waals surface area contributed by atoms with E-state index in [2.05, 4.69) is 0 Å². The monoisotopic (exact) mass is 279 g/mol. The van der Waals surface area contributed by atoms with Crippen LogP contribution < -0.4 is 5.73 Å². The zero-order valence-electron chi connectivity index (χ0n) is 9.37. The molecule has 1 saturated carbocycles. The van der Waals surface area contributed by atoms with Gasteiger partial charge >= 0.3 is 5.51 Å². The standard InChI is InChI=1S/C11H12F3NO2S/c12-11(13,14)18(16,17)9-3-1-2-8(6-9)7-10(15)4-5-10/h1-3,6H,4-5,7,15H2. The summed E-state index contributed by atoms with van der Waals surface area (Å²) >= 11 is 0. The Morgan fingerprint density at radius 1 is 1.28 bits per heavy atom. The molecule has 7 heteroatoms. The van der Waals surface area contributed by atoms with Crippen LogP contribution in [0.15, 0.2) is 29.2 Å². The number of sulfone groups is 1. The molecule has 0 atom stereocenters. The second-order valence-electron chi connectivity index (χ2n) is 4.64. The van der Waals surface area contributed by atoms with Gasteiger partial charge in [-0.1, -0.05) is 12.1 Å². The highest BCUT2D eigenvalue weighted by molar-refractivity contribution is 7.92. The van der Waals surface area contributed by atoms with Crippen molar-refractivity contribution < 1.29 is 21.6 Å². The molecule has 0 aliphatic heterocycles. The highest BCUT2D eigenvalue weighted by atomic mass is 32.2. The van der Waals surface area contributed by atoms with Crippen LogP contribution in [0.25, 0.3) is 0 Å². The molecule has 2 rings (SSSR count). The number of alkyl halides is 3. The Bertz CT molecular complexity index is 562. The predicted octanol–water partition coefficient (Wildman–Crippen LogP) is 2.01. The molecule has 1 aromatic rings. The zero-order valence-corrected chi connectivity index (χ0v) is 10.2. The maximum atomic E-state index is 12.4. The lowest BCUT2D eigenvalue weighted by atomic mass is 10.1.